The predicted octanol–water partition coefficient (Wildman–Crippen LogP) is 1.64. The first kappa shape index (κ1) is 10.8. The molecule has 3 nitrogen and oxygen atoms in total. The molecule has 3 aliphatic rings. The molecule has 18 heavy (non-hydrogen) atoms. The lowest BCUT2D eigenvalue weighted by atomic mass is 9.22. The second kappa shape index (κ2) is 3.86. The maximum atomic E-state index is 9.47. The van der Waals surface area contributed by atoms with Crippen LogP contribution >= 0.6 is 0 Å². The van der Waals surface area contributed by atoms with Gasteiger partial charge in [0.05, 0.1) is 6.07 Å². The van der Waals surface area contributed by atoms with Crippen molar-refractivity contribution >= 4 is 6.28 Å². The van der Waals surface area contributed by atoms with Gasteiger partial charge < -0.3 is 4.48 Å². The molecule has 0 saturated heterocycles. The number of hydrogen-bond acceptors (Lipinski definition) is 2. The first-order valence-corrected chi connectivity index (χ1v) is 6.13. The third kappa shape index (κ3) is 1.26. The summed E-state index contributed by atoms with van der Waals surface area (Å²) in [5.41, 5.74) is 0. The second-order valence-corrected chi connectivity index (χ2v) is 5.00. The summed E-state index contributed by atoms with van der Waals surface area (Å²) in [5.74, 6) is 3.81. The first-order chi connectivity index (χ1) is 8.81. The average Bonchev–Trinajstić information content (AvgIpc) is 2.48. The van der Waals surface area contributed by atoms with E-state index in [1.165, 1.54) is 0 Å². The number of nitriles is 2. The molecule has 0 aliphatic carbocycles. The molecule has 0 spiro atoms. The van der Waals surface area contributed by atoms with Gasteiger partial charge in [-0.05, 0) is 12.1 Å². The minimum atomic E-state index is -1.27. The lowest BCUT2D eigenvalue weighted by Gasteiger charge is -2.44. The lowest BCUT2D eigenvalue weighted by molar-refractivity contribution is -0.545. The molecule has 2 atom stereocenters. The van der Waals surface area contributed by atoms with Crippen LogP contribution in [0.1, 0.15) is 0 Å². The molecule has 0 fully saturated rings. The first-order valence-electron chi connectivity index (χ1n) is 6.13. The van der Waals surface area contributed by atoms with E-state index in [0.29, 0.717) is 0 Å². The van der Waals surface area contributed by atoms with Gasteiger partial charge in [0.15, 0.2) is 0 Å². The summed E-state index contributed by atoms with van der Waals surface area (Å²) in [7, 11) is 0. The van der Waals surface area contributed by atoms with Gasteiger partial charge in [-0.25, -0.2) is 5.26 Å². The van der Waals surface area contributed by atoms with E-state index in [2.05, 4.69) is 40.7 Å². The quantitative estimate of drug-likeness (QED) is 0.692. The van der Waals surface area contributed by atoms with Crippen LogP contribution in [-0.4, -0.2) is 6.28 Å². The molecule has 0 aromatic carbocycles. The Hall–Kier alpha value is -2.33. The maximum Gasteiger partial charge on any atom is 0.335 e. The Balaban J connectivity index is 2.19. The summed E-state index contributed by atoms with van der Waals surface area (Å²) in [6, 6.07) is 10.5. The molecule has 1 aromatic rings. The van der Waals surface area contributed by atoms with E-state index in [9.17, 15) is 10.5 Å². The fourth-order valence-electron chi connectivity index (χ4n) is 3.25. The molecule has 4 rings (SSSR count). The van der Waals surface area contributed by atoms with Gasteiger partial charge >= 0.3 is 6.28 Å². The van der Waals surface area contributed by atoms with E-state index in [0.717, 1.165) is 0 Å². The van der Waals surface area contributed by atoms with Gasteiger partial charge in [-0.1, -0.05) is 6.07 Å². The molecule has 0 saturated carbocycles. The van der Waals surface area contributed by atoms with E-state index < -0.39 is 6.28 Å². The van der Waals surface area contributed by atoms with Crippen molar-refractivity contribution in [1.82, 2.24) is 0 Å². The molecular weight excluding hydrogens is 221 g/mol. The molecule has 4 heterocycles. The van der Waals surface area contributed by atoms with Gasteiger partial charge in [0.1, 0.15) is 12.4 Å². The Morgan fingerprint density at radius 2 is 1.61 bits per heavy atom. The van der Waals surface area contributed by atoms with Gasteiger partial charge in [0.25, 0.3) is 0 Å². The molecule has 2 bridgehead atoms. The standard InChI is InChI=1S/C14H12BN3/c16-10-13-12-4-6-15(7-5-12,14(13)11-17)18-8-2-1-3-9-18/h1-9,12-14H/t12?,13-,14+,15?/m0/s1. The number of pyridine rings is 1. The Morgan fingerprint density at radius 1 is 0.944 bits per heavy atom. The van der Waals surface area contributed by atoms with Crippen LogP contribution in [0, 0.1) is 34.5 Å². The fourth-order valence-corrected chi connectivity index (χ4v) is 3.25. The van der Waals surface area contributed by atoms with Gasteiger partial charge in [-0.15, -0.1) is 12.2 Å². The molecule has 0 unspecified atom stereocenters. The summed E-state index contributed by atoms with van der Waals surface area (Å²) < 4.78 is 2.07. The Kier molecular flexibility index (Phi) is 2.32. The smallest absolute Gasteiger partial charge is 0.335 e. The molecule has 86 valence electrons. The lowest BCUT2D eigenvalue weighted by Crippen LogP contribution is -2.68. The van der Waals surface area contributed by atoms with Crippen LogP contribution in [0.3, 0.4) is 0 Å². The molecule has 0 N–H and O–H groups in total. The van der Waals surface area contributed by atoms with E-state index in [4.69, 9.17) is 0 Å². The van der Waals surface area contributed by atoms with Gasteiger partial charge in [-0.2, -0.15) is 17.2 Å². The van der Waals surface area contributed by atoms with Crippen molar-refractivity contribution in [3.05, 3.63) is 54.7 Å². The van der Waals surface area contributed by atoms with Crippen LogP contribution in [-0.2, 0) is 0 Å². The molecule has 0 amide bonds. The minimum Gasteiger partial charge on any atom is -0.419 e. The number of aromatic nitrogens is 1. The van der Waals surface area contributed by atoms with Crippen LogP contribution in [0.25, 0.3) is 0 Å². The highest BCUT2D eigenvalue weighted by atomic mass is 14.9. The van der Waals surface area contributed by atoms with Crippen molar-refractivity contribution in [3.8, 4) is 12.1 Å². The van der Waals surface area contributed by atoms with Crippen LogP contribution in [0.2, 0.25) is 5.82 Å². The average molecular weight is 233 g/mol. The fraction of sp³-hybridized carbons (Fsp3) is 0.214. The molecule has 4 heteroatoms. The summed E-state index contributed by atoms with van der Waals surface area (Å²) in [6.07, 6.45) is 6.81. The Morgan fingerprint density at radius 3 is 2.17 bits per heavy atom. The van der Waals surface area contributed by atoms with Crippen molar-refractivity contribution in [3.63, 3.8) is 0 Å². The van der Waals surface area contributed by atoms with Gasteiger partial charge in [-0.3, -0.25) is 0 Å². The van der Waals surface area contributed by atoms with E-state index in [-0.39, 0.29) is 17.7 Å². The van der Waals surface area contributed by atoms with Crippen LogP contribution < -0.4 is 4.48 Å². The summed E-state index contributed by atoms with van der Waals surface area (Å²) in [4.78, 5) is 0. The number of fused-ring (bicyclic) bond motifs is 1. The van der Waals surface area contributed by atoms with E-state index in [1.54, 1.807) is 0 Å². The number of nitrogens with zero attached hydrogens (tertiary/aromatic N) is 3. The number of allylic oxidation sites excluding steroid dienone is 2. The monoisotopic (exact) mass is 233 g/mol. The molecule has 1 aromatic heterocycles. The van der Waals surface area contributed by atoms with E-state index in [1.807, 2.05) is 30.6 Å². The SMILES string of the molecule is N#C[C@@H]1[C@@H](C#N)C2C=C[B-]1([n+]1ccccc1)C=C2. The van der Waals surface area contributed by atoms with Crippen LogP contribution in [0.5, 0.6) is 0 Å². The maximum absolute atomic E-state index is 9.47. The van der Waals surface area contributed by atoms with Gasteiger partial charge in [0, 0.05) is 23.7 Å². The topological polar surface area (TPSA) is 51.5 Å². The third-order valence-electron chi connectivity index (χ3n) is 4.21. The zero-order valence-electron chi connectivity index (χ0n) is 9.85. The van der Waals surface area contributed by atoms with Crippen molar-refractivity contribution < 1.29 is 4.48 Å². The van der Waals surface area contributed by atoms with Gasteiger partial charge in [0.2, 0.25) is 0 Å². The predicted molar refractivity (Wildman–Crippen MR) is 68.0 cm³/mol. The largest absolute Gasteiger partial charge is 0.419 e. The number of hydrogen-bond donors (Lipinski definition) is 0. The van der Waals surface area contributed by atoms with Crippen molar-refractivity contribution in [2.75, 3.05) is 0 Å². The van der Waals surface area contributed by atoms with Crippen molar-refractivity contribution in [2.24, 2.45) is 11.8 Å². The van der Waals surface area contributed by atoms with Crippen molar-refractivity contribution in [1.29, 1.82) is 10.5 Å². The third-order valence-corrected chi connectivity index (χ3v) is 4.21. The van der Waals surface area contributed by atoms with Crippen molar-refractivity contribution in [2.45, 2.75) is 5.82 Å². The highest BCUT2D eigenvalue weighted by Crippen LogP contribution is 2.43. The highest BCUT2D eigenvalue weighted by Gasteiger charge is 2.51. The summed E-state index contributed by atoms with van der Waals surface area (Å²) in [6.45, 7) is 0. The molecular formula is C14H12BN3. The Bertz CT molecular complexity index is 592. The molecule has 3 aliphatic heterocycles. The van der Waals surface area contributed by atoms with E-state index >= 15 is 0 Å². The zero-order chi connectivity index (χ0) is 12.6. The van der Waals surface area contributed by atoms with Crippen LogP contribution in [0.4, 0.5) is 0 Å². The van der Waals surface area contributed by atoms with Crippen LogP contribution in [0.15, 0.2) is 54.7 Å². The summed E-state index contributed by atoms with van der Waals surface area (Å²) >= 11 is 0. The highest BCUT2D eigenvalue weighted by molar-refractivity contribution is 6.84. The number of rotatable bonds is 1. The zero-order valence-corrected chi connectivity index (χ0v) is 9.85. The minimum absolute atomic E-state index is 0.0905. The Labute approximate surface area is 106 Å². The second-order valence-electron chi connectivity index (χ2n) is 5.00. The normalized spacial score (nSPS) is 36.0. The summed E-state index contributed by atoms with van der Waals surface area (Å²) in [5, 5.41) is 18.8. The molecule has 0 radical (unpaired) electrons.